The van der Waals surface area contributed by atoms with Crippen LogP contribution in [0.15, 0.2) is 91.1 Å². The molecule has 3 heterocycles. The number of nitrogens with zero attached hydrogens (tertiary/aromatic N) is 1. The van der Waals surface area contributed by atoms with Crippen LogP contribution in [0.25, 0.3) is 10.9 Å². The average Bonchev–Trinajstić information content (AvgIpc) is 3.87. The molecule has 1 aromatic heterocycles. The Bertz CT molecular complexity index is 2010. The molecule has 0 spiro atoms. The number of H-pyrrole nitrogens is 1. The molecule has 2 saturated heterocycles. The molecule has 8 N–H and O–H groups in total. The highest BCUT2D eigenvalue weighted by Gasteiger charge is 2.38. The van der Waals surface area contributed by atoms with Crippen LogP contribution in [0.5, 0.6) is 0 Å². The van der Waals surface area contributed by atoms with Gasteiger partial charge in [0, 0.05) is 48.3 Å². The van der Waals surface area contributed by atoms with E-state index in [-0.39, 0.29) is 37.1 Å². The van der Waals surface area contributed by atoms with Gasteiger partial charge in [0.25, 0.3) is 0 Å². The molecule has 0 radical (unpaired) electrons. The molecule has 3 aromatic carbocycles. The van der Waals surface area contributed by atoms with Crippen molar-refractivity contribution in [2.75, 3.05) is 18.8 Å². The van der Waals surface area contributed by atoms with Gasteiger partial charge in [0.1, 0.15) is 24.2 Å². The molecule has 58 heavy (non-hydrogen) atoms. The number of thioether (sulfide) groups is 1. The monoisotopic (exact) mass is 809 g/mol. The van der Waals surface area contributed by atoms with Crippen LogP contribution in [0.3, 0.4) is 0 Å². The fourth-order valence-electron chi connectivity index (χ4n) is 7.78. The zero-order valence-corrected chi connectivity index (χ0v) is 33.7. The summed E-state index contributed by atoms with van der Waals surface area (Å²) in [5.74, 6) is -2.12. The van der Waals surface area contributed by atoms with Gasteiger partial charge in [-0.25, -0.2) is 0 Å². The largest absolute Gasteiger partial charge is 0.391 e. The molecule has 6 rings (SSSR count). The number of unbranched alkanes of at least 4 members (excludes halogenated alkanes) is 1. The van der Waals surface area contributed by atoms with Crippen LogP contribution in [0.1, 0.15) is 55.7 Å². The van der Waals surface area contributed by atoms with Crippen LogP contribution in [0, 0.1) is 0 Å². The van der Waals surface area contributed by atoms with Crippen molar-refractivity contribution in [2.45, 2.75) is 99.9 Å². The summed E-state index contributed by atoms with van der Waals surface area (Å²) in [5.41, 5.74) is 9.26. The number of hydrogen-bond acceptors (Lipinski definition) is 8. The SMILES string of the molecule is CC(O)C1NC(=O)C(CCCCN)NC(=O)C(Cc2c[nH]c3ccccc23)NC(=O)C(Cc2ccccc2)SCC2CCCN2C(=O)C(Cc2ccccc2)NC1=O. The molecule has 0 saturated carbocycles. The lowest BCUT2D eigenvalue weighted by molar-refractivity contribution is -0.139. The fourth-order valence-corrected chi connectivity index (χ4v) is 9.11. The molecule has 0 aliphatic carbocycles. The first-order valence-corrected chi connectivity index (χ1v) is 21.3. The molecular formula is C44H55N7O6S. The lowest BCUT2D eigenvalue weighted by Gasteiger charge is -2.32. The minimum Gasteiger partial charge on any atom is -0.391 e. The molecule has 2 aliphatic rings. The maximum Gasteiger partial charge on any atom is 0.245 e. The maximum absolute atomic E-state index is 14.5. The summed E-state index contributed by atoms with van der Waals surface area (Å²) in [7, 11) is 0. The van der Waals surface area contributed by atoms with Gasteiger partial charge in [0.05, 0.1) is 11.4 Å². The number of hydrogen-bond donors (Lipinski definition) is 7. The van der Waals surface area contributed by atoms with Gasteiger partial charge in [0.2, 0.25) is 29.5 Å². The lowest BCUT2D eigenvalue weighted by atomic mass is 10.0. The quantitative estimate of drug-likeness (QED) is 0.112. The van der Waals surface area contributed by atoms with Crippen LogP contribution < -0.4 is 27.0 Å². The third-order valence-corrected chi connectivity index (χ3v) is 12.3. The number of aromatic nitrogens is 1. The van der Waals surface area contributed by atoms with Crippen LogP contribution in [0.2, 0.25) is 0 Å². The summed E-state index contributed by atoms with van der Waals surface area (Å²) in [5, 5.41) is 22.6. The molecule has 14 heteroatoms. The number of aromatic amines is 1. The number of para-hydroxylation sites is 1. The van der Waals surface area contributed by atoms with E-state index in [1.54, 1.807) is 4.90 Å². The number of benzene rings is 3. The first-order valence-electron chi connectivity index (χ1n) is 20.3. The Morgan fingerprint density at radius 2 is 1.38 bits per heavy atom. The topological polar surface area (TPSA) is 199 Å². The van der Waals surface area contributed by atoms with Crippen LogP contribution >= 0.6 is 11.8 Å². The number of rotatable bonds is 11. The van der Waals surface area contributed by atoms with E-state index >= 15 is 0 Å². The van der Waals surface area contributed by atoms with Crippen molar-refractivity contribution >= 4 is 52.2 Å². The van der Waals surface area contributed by atoms with E-state index in [0.717, 1.165) is 34.0 Å². The molecule has 7 atom stereocenters. The van der Waals surface area contributed by atoms with Crippen molar-refractivity contribution in [2.24, 2.45) is 5.73 Å². The van der Waals surface area contributed by atoms with Gasteiger partial charge in [-0.05, 0) is 74.8 Å². The summed E-state index contributed by atoms with van der Waals surface area (Å²) in [4.78, 5) is 76.6. The Labute approximate surface area is 343 Å². The number of aliphatic hydroxyl groups excluding tert-OH is 1. The number of carbonyl (C=O) groups is 5. The highest BCUT2D eigenvalue weighted by Crippen LogP contribution is 2.27. The number of fused-ring (bicyclic) bond motifs is 2. The first-order chi connectivity index (χ1) is 28.1. The van der Waals surface area contributed by atoms with Crippen LogP contribution in [0.4, 0.5) is 0 Å². The normalized spacial score (nSPS) is 24.5. The summed E-state index contributed by atoms with van der Waals surface area (Å²) in [6, 6.07) is 21.9. The Morgan fingerprint density at radius 1 is 0.741 bits per heavy atom. The number of nitrogens with two attached hydrogens (primary N) is 1. The van der Waals surface area contributed by atoms with Gasteiger partial charge in [-0.15, -0.1) is 11.8 Å². The van der Waals surface area contributed by atoms with E-state index in [4.69, 9.17) is 5.73 Å². The summed E-state index contributed by atoms with van der Waals surface area (Å²) in [6.07, 6.45) is 3.91. The Morgan fingerprint density at radius 3 is 2.09 bits per heavy atom. The summed E-state index contributed by atoms with van der Waals surface area (Å²) in [6.45, 7) is 2.24. The van der Waals surface area contributed by atoms with Crippen molar-refractivity contribution in [3.63, 3.8) is 0 Å². The number of nitrogens with one attached hydrogen (secondary N) is 5. The molecule has 0 bridgehead atoms. The maximum atomic E-state index is 14.5. The second-order valence-corrected chi connectivity index (χ2v) is 16.5. The van der Waals surface area contributed by atoms with Crippen molar-refractivity contribution < 1.29 is 29.1 Å². The zero-order chi connectivity index (χ0) is 41.0. The van der Waals surface area contributed by atoms with E-state index in [9.17, 15) is 29.1 Å². The Balaban J connectivity index is 1.37. The highest BCUT2D eigenvalue weighted by molar-refractivity contribution is 8.00. The second-order valence-electron chi connectivity index (χ2n) is 15.3. The Hall–Kier alpha value is -5.18. The van der Waals surface area contributed by atoms with Gasteiger partial charge in [-0.3, -0.25) is 24.0 Å². The fraction of sp³-hybridized carbons (Fsp3) is 0.432. The molecule has 7 unspecified atom stereocenters. The molecule has 2 fully saturated rings. The van der Waals surface area contributed by atoms with Gasteiger partial charge < -0.3 is 42.0 Å². The van der Waals surface area contributed by atoms with Gasteiger partial charge in [-0.2, -0.15) is 0 Å². The predicted octanol–water partition coefficient (Wildman–Crippen LogP) is 2.75. The number of amides is 5. The molecule has 5 amide bonds. The summed E-state index contributed by atoms with van der Waals surface area (Å²) >= 11 is 1.44. The smallest absolute Gasteiger partial charge is 0.245 e. The third kappa shape index (κ3) is 11.1. The minimum atomic E-state index is -1.43. The molecule has 13 nitrogen and oxygen atoms in total. The second kappa shape index (κ2) is 20.5. The molecule has 4 aromatic rings. The average molecular weight is 810 g/mol. The summed E-state index contributed by atoms with van der Waals surface area (Å²) < 4.78 is 0. The van der Waals surface area contributed by atoms with Crippen molar-refractivity contribution in [1.82, 2.24) is 31.2 Å². The third-order valence-electron chi connectivity index (χ3n) is 11.0. The number of aliphatic hydroxyl groups is 1. The zero-order valence-electron chi connectivity index (χ0n) is 32.9. The van der Waals surface area contributed by atoms with Gasteiger partial charge in [0.15, 0.2) is 0 Å². The van der Waals surface area contributed by atoms with Gasteiger partial charge in [-0.1, -0.05) is 78.9 Å². The van der Waals surface area contributed by atoms with E-state index < -0.39 is 53.2 Å². The molecular weight excluding hydrogens is 755 g/mol. The van der Waals surface area contributed by atoms with E-state index in [2.05, 4.69) is 26.3 Å². The van der Waals surface area contributed by atoms with Crippen molar-refractivity contribution in [3.8, 4) is 0 Å². The van der Waals surface area contributed by atoms with Gasteiger partial charge >= 0.3 is 0 Å². The van der Waals surface area contributed by atoms with E-state index in [1.165, 1.54) is 18.7 Å². The predicted molar refractivity (Wildman–Crippen MR) is 226 cm³/mol. The highest BCUT2D eigenvalue weighted by atomic mass is 32.2. The Kier molecular flexibility index (Phi) is 15.0. The van der Waals surface area contributed by atoms with E-state index in [1.807, 2.05) is 91.1 Å². The number of carbonyl (C=O) groups excluding carboxylic acids is 5. The van der Waals surface area contributed by atoms with Crippen LogP contribution in [-0.4, -0.2) is 105 Å². The standard InChI is InChI=1S/C44H55N7O6S/c1-28(52)39-43(56)49-37(23-29-13-4-2-5-14-29)44(57)51-22-12-17-32(51)27-58-38(24-30-15-6-3-7-16-30)42(55)48-36(25-31-26-46-34-19-9-8-18-33(31)34)41(54)47-35(40(53)50-39)20-10-11-21-45/h2-9,13-16,18-19,26,28,32,35-39,46,52H,10-12,17,20-25,27,45H2,1H3,(H,47,54)(H,48,55)(H,49,56)(H,50,53). The minimum absolute atomic E-state index is 0.133. The first kappa shape index (κ1) is 42.4. The van der Waals surface area contributed by atoms with Crippen molar-refractivity contribution in [1.29, 1.82) is 0 Å². The van der Waals surface area contributed by atoms with Crippen molar-refractivity contribution in [3.05, 3.63) is 108 Å². The molecule has 2 aliphatic heterocycles. The van der Waals surface area contributed by atoms with E-state index in [0.29, 0.717) is 44.5 Å². The van der Waals surface area contributed by atoms with Crippen LogP contribution in [-0.2, 0) is 43.2 Å². The molecule has 308 valence electrons. The lowest BCUT2D eigenvalue weighted by Crippen LogP contribution is -2.61.